The zero-order valence-electron chi connectivity index (χ0n) is 17.3. The highest BCUT2D eigenvalue weighted by Gasteiger charge is 2.40. The van der Waals surface area contributed by atoms with Crippen molar-refractivity contribution in [2.24, 2.45) is 0 Å². The van der Waals surface area contributed by atoms with E-state index in [1.165, 1.54) is 19.3 Å². The second kappa shape index (κ2) is 7.58. The molecule has 6 nitrogen and oxygen atoms in total. The van der Waals surface area contributed by atoms with Crippen LogP contribution >= 0.6 is 0 Å². The van der Waals surface area contributed by atoms with Crippen LogP contribution in [0.1, 0.15) is 36.8 Å². The van der Waals surface area contributed by atoms with E-state index in [-0.39, 0.29) is 11.9 Å². The monoisotopic (exact) mass is 394 g/mol. The second-order valence-corrected chi connectivity index (χ2v) is 8.79. The maximum Gasteiger partial charge on any atom is 0.151 e. The van der Waals surface area contributed by atoms with Gasteiger partial charge in [0.25, 0.3) is 0 Å². The Morgan fingerprint density at radius 1 is 1.07 bits per heavy atom. The van der Waals surface area contributed by atoms with Gasteiger partial charge < -0.3 is 14.7 Å². The van der Waals surface area contributed by atoms with Crippen molar-refractivity contribution in [3.05, 3.63) is 35.4 Å². The minimum atomic E-state index is 0.253. The number of rotatable bonds is 3. The van der Waals surface area contributed by atoms with Crippen molar-refractivity contribution in [3.63, 3.8) is 0 Å². The summed E-state index contributed by atoms with van der Waals surface area (Å²) in [5.41, 5.74) is 3.54. The summed E-state index contributed by atoms with van der Waals surface area (Å²) in [5, 5.41) is 19.4. The molecule has 1 aliphatic carbocycles. The Hall–Kier alpha value is -2.18. The first-order chi connectivity index (χ1) is 14.1. The van der Waals surface area contributed by atoms with Crippen LogP contribution in [-0.2, 0) is 4.74 Å². The highest BCUT2D eigenvalue weighted by molar-refractivity contribution is 5.71. The van der Waals surface area contributed by atoms with Crippen molar-refractivity contribution < 1.29 is 9.84 Å². The van der Waals surface area contributed by atoms with Gasteiger partial charge in [-0.3, -0.25) is 4.90 Å². The van der Waals surface area contributed by atoms with E-state index in [2.05, 4.69) is 26.1 Å². The number of hydrogen-bond acceptors (Lipinski definition) is 6. The number of piperidine rings is 1. The van der Waals surface area contributed by atoms with Crippen LogP contribution in [0.2, 0.25) is 0 Å². The van der Waals surface area contributed by atoms with Crippen LogP contribution in [0.25, 0.3) is 11.3 Å². The number of hydrogen-bond donors (Lipinski definition) is 1. The second-order valence-electron chi connectivity index (χ2n) is 8.79. The van der Waals surface area contributed by atoms with Crippen LogP contribution in [0, 0.1) is 13.8 Å². The number of phenols is 1. The van der Waals surface area contributed by atoms with E-state index in [9.17, 15) is 5.11 Å². The molecule has 0 unspecified atom stereocenters. The number of aromatic nitrogens is 2. The summed E-state index contributed by atoms with van der Waals surface area (Å²) < 4.78 is 6.15. The molecule has 0 spiro atoms. The molecule has 6 heteroatoms. The maximum atomic E-state index is 10.4. The Kier molecular flexibility index (Phi) is 4.92. The van der Waals surface area contributed by atoms with Crippen LogP contribution in [0.3, 0.4) is 0 Å². The van der Waals surface area contributed by atoms with Gasteiger partial charge in [-0.2, -0.15) is 0 Å². The Labute approximate surface area is 172 Å². The Bertz CT molecular complexity index is 858. The van der Waals surface area contributed by atoms with Crippen LogP contribution in [0.15, 0.2) is 24.3 Å². The molecule has 1 aromatic heterocycles. The molecule has 5 rings (SSSR count). The molecule has 2 saturated heterocycles. The topological polar surface area (TPSA) is 61.7 Å². The smallest absolute Gasteiger partial charge is 0.151 e. The van der Waals surface area contributed by atoms with Crippen LogP contribution in [0.5, 0.6) is 5.75 Å². The number of anilines is 1. The van der Waals surface area contributed by atoms with Crippen molar-refractivity contribution in [3.8, 4) is 17.0 Å². The summed E-state index contributed by atoms with van der Waals surface area (Å²) >= 11 is 0. The molecule has 3 aliphatic rings. The lowest BCUT2D eigenvalue weighted by Gasteiger charge is -2.50. The van der Waals surface area contributed by atoms with Gasteiger partial charge in [-0.05, 0) is 62.4 Å². The van der Waals surface area contributed by atoms with Crippen LogP contribution < -0.4 is 4.90 Å². The molecule has 0 radical (unpaired) electrons. The highest BCUT2D eigenvalue weighted by Crippen LogP contribution is 2.34. The van der Waals surface area contributed by atoms with Crippen molar-refractivity contribution in [1.29, 1.82) is 0 Å². The van der Waals surface area contributed by atoms with Gasteiger partial charge in [0, 0.05) is 31.2 Å². The summed E-state index contributed by atoms with van der Waals surface area (Å²) in [4.78, 5) is 5.01. The van der Waals surface area contributed by atoms with Gasteiger partial charge in [0.1, 0.15) is 5.75 Å². The molecule has 1 saturated carbocycles. The third-order valence-corrected chi connectivity index (χ3v) is 6.87. The number of aromatic hydroxyl groups is 1. The molecule has 0 bridgehead atoms. The van der Waals surface area contributed by atoms with Crippen molar-refractivity contribution in [2.75, 3.05) is 31.1 Å². The lowest BCUT2D eigenvalue weighted by atomic mass is 9.88. The molecule has 3 heterocycles. The molecular formula is C23H30N4O2. The van der Waals surface area contributed by atoms with Gasteiger partial charge >= 0.3 is 0 Å². The first-order valence-corrected chi connectivity index (χ1v) is 10.9. The normalized spacial score (nSPS) is 25.5. The largest absolute Gasteiger partial charge is 0.507 e. The maximum absolute atomic E-state index is 10.4. The average molecular weight is 395 g/mol. The third kappa shape index (κ3) is 3.49. The van der Waals surface area contributed by atoms with Gasteiger partial charge in [-0.1, -0.05) is 12.5 Å². The first kappa shape index (κ1) is 18.8. The summed E-state index contributed by atoms with van der Waals surface area (Å²) in [6.07, 6.45) is 5.43. The van der Waals surface area contributed by atoms with Gasteiger partial charge in [0.05, 0.1) is 24.4 Å². The lowest BCUT2D eigenvalue weighted by molar-refractivity contribution is -0.0527. The number of aryl methyl sites for hydroxylation is 2. The lowest BCUT2D eigenvalue weighted by Crippen LogP contribution is -2.61. The Morgan fingerprint density at radius 3 is 2.62 bits per heavy atom. The van der Waals surface area contributed by atoms with Gasteiger partial charge in [-0.15, -0.1) is 10.2 Å². The molecule has 154 valence electrons. The number of ether oxygens (including phenoxy) is 1. The summed E-state index contributed by atoms with van der Waals surface area (Å²) in [6.45, 7) is 7.76. The number of morpholine rings is 1. The molecule has 2 aromatic rings. The molecule has 1 N–H and O–H groups in total. The third-order valence-electron chi connectivity index (χ3n) is 6.87. The number of fused-ring (bicyclic) bond motifs is 1. The minimum Gasteiger partial charge on any atom is -0.507 e. The van der Waals surface area contributed by atoms with E-state index < -0.39 is 0 Å². The van der Waals surface area contributed by atoms with Gasteiger partial charge in [0.15, 0.2) is 5.82 Å². The zero-order chi connectivity index (χ0) is 20.0. The highest BCUT2D eigenvalue weighted by atomic mass is 16.5. The van der Waals surface area contributed by atoms with Gasteiger partial charge in [-0.25, -0.2) is 0 Å². The number of nitrogens with zero attached hydrogens (tertiary/aromatic N) is 4. The van der Waals surface area contributed by atoms with Gasteiger partial charge in [0.2, 0.25) is 0 Å². The van der Waals surface area contributed by atoms with E-state index in [4.69, 9.17) is 4.74 Å². The molecule has 29 heavy (non-hydrogen) atoms. The Morgan fingerprint density at radius 2 is 1.93 bits per heavy atom. The van der Waals surface area contributed by atoms with Crippen LogP contribution in [0.4, 0.5) is 5.82 Å². The molecule has 3 fully saturated rings. The molecule has 1 aromatic carbocycles. The van der Waals surface area contributed by atoms with E-state index in [0.717, 1.165) is 61.2 Å². The average Bonchev–Trinajstić information content (AvgIpc) is 2.66. The van der Waals surface area contributed by atoms with E-state index in [0.29, 0.717) is 11.7 Å². The van der Waals surface area contributed by atoms with E-state index in [1.54, 1.807) is 6.07 Å². The standard InChI is InChI=1S/C23H30N4O2/c1-15-12-16(2)23(20(28)13-15)18-6-7-22(25-24-18)27-10-11-29-21-14-26(9-8-19(21)27)17-4-3-5-17/h6-7,12-13,17,19,21,28H,3-5,8-11,14H2,1-2H3/t19-,21+/m1/s1. The van der Waals surface area contributed by atoms with Crippen molar-refractivity contribution >= 4 is 5.82 Å². The fourth-order valence-electron chi connectivity index (χ4n) is 5.17. The van der Waals surface area contributed by atoms with Crippen LogP contribution in [-0.4, -0.2) is 64.6 Å². The predicted molar refractivity (Wildman–Crippen MR) is 113 cm³/mol. The summed E-state index contributed by atoms with van der Waals surface area (Å²) in [7, 11) is 0. The molecule has 2 aliphatic heterocycles. The fourth-order valence-corrected chi connectivity index (χ4v) is 5.17. The summed E-state index contributed by atoms with van der Waals surface area (Å²) in [5.74, 6) is 1.17. The van der Waals surface area contributed by atoms with E-state index >= 15 is 0 Å². The van der Waals surface area contributed by atoms with Crippen molar-refractivity contribution in [1.82, 2.24) is 15.1 Å². The number of phenolic OH excluding ortho intramolecular Hbond substituents is 1. The quantitative estimate of drug-likeness (QED) is 0.862. The minimum absolute atomic E-state index is 0.253. The SMILES string of the molecule is Cc1cc(C)c(-c2ccc(N3CCO[C@H]4CN(C5CCC5)CC[C@H]43)nn2)c(O)c1. The number of likely N-dealkylation sites (tertiary alicyclic amines) is 1. The zero-order valence-corrected chi connectivity index (χ0v) is 17.3. The number of benzene rings is 1. The summed E-state index contributed by atoms with van der Waals surface area (Å²) in [6, 6.07) is 9.01. The molecule has 0 amide bonds. The molecular weight excluding hydrogens is 364 g/mol. The Balaban J connectivity index is 1.35. The molecule has 2 atom stereocenters. The van der Waals surface area contributed by atoms with Crippen molar-refractivity contribution in [2.45, 2.75) is 57.7 Å². The van der Waals surface area contributed by atoms with E-state index in [1.807, 2.05) is 26.0 Å². The fraction of sp³-hybridized carbons (Fsp3) is 0.565. The first-order valence-electron chi connectivity index (χ1n) is 10.9. The predicted octanol–water partition coefficient (Wildman–Crippen LogP) is 3.30.